The molecule has 1 saturated heterocycles. The molecule has 0 N–H and O–H groups in total. The molecule has 1 heterocycles. The van der Waals surface area contributed by atoms with Gasteiger partial charge in [0.15, 0.2) is 0 Å². The van der Waals surface area contributed by atoms with Gasteiger partial charge in [0.2, 0.25) is 0 Å². The van der Waals surface area contributed by atoms with Gasteiger partial charge >= 0.3 is 27.2 Å². The zero-order chi connectivity index (χ0) is 11.4. The molecule has 1 rings (SSSR count). The third-order valence-corrected chi connectivity index (χ3v) is 2.85. The van der Waals surface area contributed by atoms with Crippen LogP contribution in [-0.4, -0.2) is 32.1 Å². The Hall–Kier alpha value is -0.510. The lowest BCUT2D eigenvalue weighted by atomic mass is 10.2. The Bertz CT molecular complexity index is 346. The summed E-state index contributed by atoms with van der Waals surface area (Å²) in [5.41, 5.74) is 0. The van der Waals surface area contributed by atoms with Gasteiger partial charge in [-0.25, -0.2) is 0 Å². The van der Waals surface area contributed by atoms with E-state index in [9.17, 15) is 34.8 Å². The highest BCUT2D eigenvalue weighted by molar-refractivity contribution is 7.87. The summed E-state index contributed by atoms with van der Waals surface area (Å²) < 4.78 is 97.1. The van der Waals surface area contributed by atoms with Gasteiger partial charge in [-0.1, -0.05) is 0 Å². The van der Waals surface area contributed by atoms with Gasteiger partial charge in [0.1, 0.15) is 6.61 Å². The molecule has 0 aliphatic carbocycles. The Morgan fingerprint density at radius 3 is 1.79 bits per heavy atom. The molecule has 0 atom stereocenters. The van der Waals surface area contributed by atoms with E-state index < -0.39 is 33.8 Å². The van der Waals surface area contributed by atoms with Crippen LogP contribution < -0.4 is 0 Å². The van der Waals surface area contributed by atoms with Crippen LogP contribution in [0, 0.1) is 0 Å². The highest BCUT2D eigenvalue weighted by Crippen LogP contribution is 2.52. The lowest BCUT2D eigenvalue weighted by Crippen LogP contribution is -2.64. The Balaban J connectivity index is 3.34. The van der Waals surface area contributed by atoms with E-state index in [1.807, 2.05) is 0 Å². The maximum absolute atomic E-state index is 12.3. The van der Waals surface area contributed by atoms with Crippen molar-refractivity contribution in [3.63, 3.8) is 0 Å². The molecule has 0 bridgehead atoms. The quantitative estimate of drug-likeness (QED) is 0.475. The summed E-state index contributed by atoms with van der Waals surface area (Å²) in [6.07, 6.45) is 0. The molecule has 1 aliphatic rings. The third-order valence-electron chi connectivity index (χ3n) is 1.53. The number of rotatable bonds is 0. The van der Waals surface area contributed by atoms with Crippen molar-refractivity contribution in [1.82, 2.24) is 0 Å². The van der Waals surface area contributed by atoms with Gasteiger partial charge in [0.05, 0.1) is 0 Å². The van der Waals surface area contributed by atoms with E-state index in [1.165, 1.54) is 0 Å². The lowest BCUT2D eigenvalue weighted by Gasteiger charge is -2.35. The maximum Gasteiger partial charge on any atom is 0.438 e. The zero-order valence-corrected chi connectivity index (χ0v) is 6.92. The van der Waals surface area contributed by atoms with Crippen molar-refractivity contribution < 1.29 is 38.9 Å². The van der Waals surface area contributed by atoms with Gasteiger partial charge in [-0.2, -0.15) is 34.8 Å². The molecule has 0 aromatic carbocycles. The zero-order valence-electron chi connectivity index (χ0n) is 6.11. The topological polar surface area (TPSA) is 43.4 Å². The van der Waals surface area contributed by atoms with Crippen molar-refractivity contribution in [2.45, 2.75) is 17.1 Å². The van der Waals surface area contributed by atoms with Gasteiger partial charge < -0.3 is 0 Å². The SMILES string of the molecule is O=S1(=O)OCC(F)(F)C(F)(F)C1(F)F. The van der Waals surface area contributed by atoms with Crippen LogP contribution in [0.15, 0.2) is 0 Å². The smallest absolute Gasteiger partial charge is 0.259 e. The number of halogens is 6. The minimum atomic E-state index is -6.00. The molecule has 1 aliphatic heterocycles. The predicted molar refractivity (Wildman–Crippen MR) is 29.7 cm³/mol. The normalized spacial score (nSPS) is 32.4. The van der Waals surface area contributed by atoms with E-state index in [1.54, 1.807) is 0 Å². The molecule has 10 heteroatoms. The van der Waals surface area contributed by atoms with E-state index in [2.05, 4.69) is 4.18 Å². The Kier molecular flexibility index (Phi) is 2.10. The van der Waals surface area contributed by atoms with Crippen LogP contribution in [0.5, 0.6) is 0 Å². The first-order valence-corrected chi connectivity index (χ1v) is 4.39. The molecule has 0 amide bonds. The lowest BCUT2D eigenvalue weighted by molar-refractivity contribution is -0.301. The van der Waals surface area contributed by atoms with Gasteiger partial charge in [0.25, 0.3) is 0 Å². The van der Waals surface area contributed by atoms with Gasteiger partial charge in [0, 0.05) is 0 Å². The highest BCUT2D eigenvalue weighted by atomic mass is 32.2. The summed E-state index contributed by atoms with van der Waals surface area (Å²) in [5, 5.41) is -5.93. The standard InChI is InChI=1S/C4H2F6O3S/c5-2(6)1-13-14(11,12)4(9,10)3(2,7)8/h1H2. The first-order valence-electron chi connectivity index (χ1n) is 2.98. The van der Waals surface area contributed by atoms with Crippen molar-refractivity contribution in [2.24, 2.45) is 0 Å². The summed E-state index contributed by atoms with van der Waals surface area (Å²) in [7, 11) is -6.00. The van der Waals surface area contributed by atoms with Crippen molar-refractivity contribution >= 4 is 10.1 Å². The largest absolute Gasteiger partial charge is 0.438 e. The van der Waals surface area contributed by atoms with Crippen LogP contribution in [0.3, 0.4) is 0 Å². The monoisotopic (exact) mass is 244 g/mol. The Morgan fingerprint density at radius 1 is 1.00 bits per heavy atom. The molecular formula is C4H2F6O3S. The highest BCUT2D eigenvalue weighted by Gasteiger charge is 2.81. The Morgan fingerprint density at radius 2 is 1.43 bits per heavy atom. The van der Waals surface area contributed by atoms with E-state index in [0.717, 1.165) is 0 Å². The van der Waals surface area contributed by atoms with Gasteiger partial charge in [-0.15, -0.1) is 0 Å². The number of hydrogen-bond donors (Lipinski definition) is 0. The van der Waals surface area contributed by atoms with Crippen LogP contribution in [0.25, 0.3) is 0 Å². The summed E-state index contributed by atoms with van der Waals surface area (Å²) in [4.78, 5) is 0. The maximum atomic E-state index is 12.3. The molecule has 0 spiro atoms. The molecule has 14 heavy (non-hydrogen) atoms. The third kappa shape index (κ3) is 1.13. The summed E-state index contributed by atoms with van der Waals surface area (Å²) in [6, 6.07) is 0. The fourth-order valence-electron chi connectivity index (χ4n) is 0.686. The van der Waals surface area contributed by atoms with E-state index in [0.29, 0.717) is 0 Å². The summed E-state index contributed by atoms with van der Waals surface area (Å²) in [5.74, 6) is -11.2. The minimum Gasteiger partial charge on any atom is -0.259 e. The predicted octanol–water partition coefficient (Wildman–Crippen LogP) is 1.21. The molecule has 0 unspecified atom stereocenters. The fraction of sp³-hybridized carbons (Fsp3) is 1.00. The minimum absolute atomic E-state index is 2.29. The molecule has 0 saturated carbocycles. The fourth-order valence-corrected chi connectivity index (χ4v) is 1.60. The van der Waals surface area contributed by atoms with E-state index >= 15 is 0 Å². The van der Waals surface area contributed by atoms with E-state index in [-0.39, 0.29) is 0 Å². The second kappa shape index (κ2) is 2.54. The van der Waals surface area contributed by atoms with Crippen LogP contribution in [-0.2, 0) is 14.3 Å². The molecule has 84 valence electrons. The molecule has 1 fully saturated rings. The molecule has 0 aromatic rings. The van der Waals surface area contributed by atoms with Gasteiger partial charge in [-0.3, -0.25) is 4.18 Å². The summed E-state index contributed by atoms with van der Waals surface area (Å²) in [6.45, 7) is -2.29. The first kappa shape index (κ1) is 11.6. The molecule has 0 aromatic heterocycles. The molecule has 0 radical (unpaired) electrons. The number of alkyl halides is 6. The van der Waals surface area contributed by atoms with Crippen molar-refractivity contribution in [3.05, 3.63) is 0 Å². The second-order valence-electron chi connectivity index (χ2n) is 2.51. The number of hydrogen-bond acceptors (Lipinski definition) is 3. The first-order chi connectivity index (χ1) is 5.96. The van der Waals surface area contributed by atoms with Crippen molar-refractivity contribution in [3.8, 4) is 0 Å². The molecule has 3 nitrogen and oxygen atoms in total. The van der Waals surface area contributed by atoms with Crippen molar-refractivity contribution in [2.75, 3.05) is 6.61 Å². The van der Waals surface area contributed by atoms with Crippen LogP contribution in [0.1, 0.15) is 0 Å². The van der Waals surface area contributed by atoms with Crippen LogP contribution >= 0.6 is 0 Å². The summed E-state index contributed by atoms with van der Waals surface area (Å²) >= 11 is 0. The van der Waals surface area contributed by atoms with E-state index in [4.69, 9.17) is 0 Å². The second-order valence-corrected chi connectivity index (χ2v) is 4.17. The average Bonchev–Trinajstić information content (AvgIpc) is 1.98. The molecular weight excluding hydrogens is 242 g/mol. The Labute approximate surface area is 73.8 Å². The van der Waals surface area contributed by atoms with Crippen LogP contribution in [0.4, 0.5) is 26.3 Å². The van der Waals surface area contributed by atoms with Gasteiger partial charge in [-0.05, 0) is 0 Å². The van der Waals surface area contributed by atoms with Crippen LogP contribution in [0.2, 0.25) is 0 Å². The van der Waals surface area contributed by atoms with Crippen molar-refractivity contribution in [1.29, 1.82) is 0 Å². The average molecular weight is 244 g/mol.